The van der Waals surface area contributed by atoms with Crippen LogP contribution in [0.15, 0.2) is 128 Å². The van der Waals surface area contributed by atoms with Gasteiger partial charge in [0, 0.05) is 55.0 Å². The van der Waals surface area contributed by atoms with Gasteiger partial charge in [-0.25, -0.2) is 0 Å². The number of ether oxygens (including phenoxy) is 2. The minimum Gasteiger partial charge on any atom is -0.392 e. The molecule has 0 spiro atoms. The van der Waals surface area contributed by atoms with E-state index in [-0.39, 0.29) is 30.6 Å². The molecule has 0 aliphatic carbocycles. The van der Waals surface area contributed by atoms with Crippen molar-refractivity contribution in [2.45, 2.75) is 45.0 Å². The van der Waals surface area contributed by atoms with Crippen molar-refractivity contribution in [1.82, 2.24) is 15.2 Å². The summed E-state index contributed by atoms with van der Waals surface area (Å²) in [5.41, 5.74) is 7.71. The third-order valence-corrected chi connectivity index (χ3v) is 9.00. The fourth-order valence-electron chi connectivity index (χ4n) is 6.18. The van der Waals surface area contributed by atoms with E-state index in [1.165, 1.54) is 0 Å². The van der Waals surface area contributed by atoms with Gasteiger partial charge in [0.25, 0.3) is 5.91 Å². The zero-order valence-corrected chi connectivity index (χ0v) is 27.5. The van der Waals surface area contributed by atoms with Crippen LogP contribution in [0.3, 0.4) is 0 Å². The number of nitrogens with zero attached hydrogens (tertiary/aromatic N) is 2. The van der Waals surface area contributed by atoms with E-state index >= 15 is 0 Å². The second kappa shape index (κ2) is 16.0. The molecular weight excluding hydrogens is 598 g/mol. The quantitative estimate of drug-likeness (QED) is 0.151. The second-order valence-corrected chi connectivity index (χ2v) is 12.5. The summed E-state index contributed by atoms with van der Waals surface area (Å²) in [5, 5.41) is 12.6. The Morgan fingerprint density at radius 1 is 0.812 bits per heavy atom. The van der Waals surface area contributed by atoms with Crippen molar-refractivity contribution >= 4 is 5.91 Å². The lowest BCUT2D eigenvalue weighted by molar-refractivity contribution is -0.275. The minimum absolute atomic E-state index is 0.00414. The van der Waals surface area contributed by atoms with Gasteiger partial charge in [-0.05, 0) is 71.3 Å². The number of aliphatic hydroxyl groups is 1. The van der Waals surface area contributed by atoms with Crippen LogP contribution in [0.2, 0.25) is 0 Å². The van der Waals surface area contributed by atoms with E-state index in [2.05, 4.69) is 77.7 Å². The average Bonchev–Trinajstić information content (AvgIpc) is 3.15. The van der Waals surface area contributed by atoms with Crippen LogP contribution in [-0.2, 0) is 29.0 Å². The van der Waals surface area contributed by atoms with Gasteiger partial charge in [-0.3, -0.25) is 9.78 Å². The lowest BCUT2D eigenvalue weighted by Gasteiger charge is -2.42. The molecule has 1 aliphatic heterocycles. The molecule has 1 aliphatic rings. The molecule has 7 nitrogen and oxygen atoms in total. The largest absolute Gasteiger partial charge is 0.392 e. The van der Waals surface area contributed by atoms with Crippen LogP contribution >= 0.6 is 0 Å². The van der Waals surface area contributed by atoms with Crippen LogP contribution in [-0.4, -0.2) is 47.1 Å². The lowest BCUT2D eigenvalue weighted by Crippen LogP contribution is -2.43. The molecule has 0 bridgehead atoms. The summed E-state index contributed by atoms with van der Waals surface area (Å²) in [5.74, 6) is -0.00852. The average molecular weight is 642 g/mol. The molecule has 1 fully saturated rings. The van der Waals surface area contributed by atoms with Crippen molar-refractivity contribution in [3.05, 3.63) is 161 Å². The number of aliphatic hydroxyl groups excluding tert-OH is 1. The van der Waals surface area contributed by atoms with E-state index < -0.39 is 6.29 Å². The predicted octanol–water partition coefficient (Wildman–Crippen LogP) is 7.14. The Balaban J connectivity index is 1.20. The van der Waals surface area contributed by atoms with Crippen molar-refractivity contribution in [3.8, 4) is 11.1 Å². The van der Waals surface area contributed by atoms with Crippen molar-refractivity contribution in [1.29, 1.82) is 0 Å². The molecule has 246 valence electrons. The van der Waals surface area contributed by atoms with Crippen molar-refractivity contribution < 1.29 is 19.4 Å². The van der Waals surface area contributed by atoms with Crippen molar-refractivity contribution in [2.24, 2.45) is 5.92 Å². The predicted molar refractivity (Wildman–Crippen MR) is 188 cm³/mol. The van der Waals surface area contributed by atoms with Gasteiger partial charge in [-0.2, -0.15) is 0 Å². The topological polar surface area (TPSA) is 83.9 Å². The van der Waals surface area contributed by atoms with Crippen LogP contribution in [0.1, 0.15) is 57.6 Å². The third-order valence-electron chi connectivity index (χ3n) is 9.00. The number of carbonyl (C=O) groups is 1. The Labute approximate surface area is 283 Å². The smallest absolute Gasteiger partial charge is 0.251 e. The van der Waals surface area contributed by atoms with Gasteiger partial charge in [-0.1, -0.05) is 91.9 Å². The SMILES string of the molecule is CC1C(CN(C)CCc2ccccn2)OC(c2cccc(-c3cccc(CNC(=O)c4ccccc4)c3)c2)OC1c1ccc(CO)cc1. The summed E-state index contributed by atoms with van der Waals surface area (Å²) in [6.07, 6.45) is 1.86. The number of aromatic nitrogens is 1. The summed E-state index contributed by atoms with van der Waals surface area (Å²) < 4.78 is 13.5. The van der Waals surface area contributed by atoms with E-state index in [9.17, 15) is 9.90 Å². The lowest BCUT2D eigenvalue weighted by atomic mass is 9.90. The number of hydrogen-bond acceptors (Lipinski definition) is 6. The number of benzene rings is 4. The second-order valence-electron chi connectivity index (χ2n) is 12.5. The number of hydrogen-bond donors (Lipinski definition) is 2. The summed E-state index contributed by atoms with van der Waals surface area (Å²) >= 11 is 0. The molecule has 1 aromatic heterocycles. The monoisotopic (exact) mass is 641 g/mol. The van der Waals surface area contributed by atoms with E-state index in [0.717, 1.165) is 58.6 Å². The highest BCUT2D eigenvalue weighted by molar-refractivity contribution is 5.94. The highest BCUT2D eigenvalue weighted by atomic mass is 16.7. The molecule has 7 heteroatoms. The van der Waals surface area contributed by atoms with Gasteiger partial charge >= 0.3 is 0 Å². The van der Waals surface area contributed by atoms with Crippen molar-refractivity contribution in [2.75, 3.05) is 20.1 Å². The first-order valence-electron chi connectivity index (χ1n) is 16.6. The molecule has 48 heavy (non-hydrogen) atoms. The van der Waals surface area contributed by atoms with Gasteiger partial charge in [0.2, 0.25) is 0 Å². The summed E-state index contributed by atoms with van der Waals surface area (Å²) in [7, 11) is 2.13. The number of amides is 1. The van der Waals surface area contributed by atoms with Crippen LogP contribution in [0.4, 0.5) is 0 Å². The van der Waals surface area contributed by atoms with E-state index in [0.29, 0.717) is 12.1 Å². The first kappa shape index (κ1) is 33.2. The highest BCUT2D eigenvalue weighted by Gasteiger charge is 2.38. The minimum atomic E-state index is -0.564. The molecule has 5 aromatic rings. The Morgan fingerprint density at radius 2 is 1.56 bits per heavy atom. The Bertz CT molecular complexity index is 1760. The summed E-state index contributed by atoms with van der Waals surface area (Å²) in [6.45, 7) is 4.24. The maximum atomic E-state index is 12.6. The number of pyridine rings is 1. The third kappa shape index (κ3) is 8.43. The van der Waals surface area contributed by atoms with Crippen LogP contribution in [0.5, 0.6) is 0 Å². The molecule has 4 atom stereocenters. The molecule has 2 N–H and O–H groups in total. The van der Waals surface area contributed by atoms with E-state index in [4.69, 9.17) is 9.47 Å². The van der Waals surface area contributed by atoms with Crippen LogP contribution in [0, 0.1) is 5.92 Å². The molecule has 4 unspecified atom stereocenters. The molecule has 4 aromatic carbocycles. The first-order valence-corrected chi connectivity index (χ1v) is 16.6. The van der Waals surface area contributed by atoms with Gasteiger partial charge in [0.15, 0.2) is 6.29 Å². The van der Waals surface area contributed by atoms with Gasteiger partial charge in [0.05, 0.1) is 18.8 Å². The van der Waals surface area contributed by atoms with Gasteiger partial charge < -0.3 is 24.8 Å². The van der Waals surface area contributed by atoms with E-state index in [1.54, 1.807) is 0 Å². The Morgan fingerprint density at radius 3 is 2.31 bits per heavy atom. The standard InChI is InChI=1S/C41H43N3O4/c1-29-38(27-44(2)23-21-37-16-6-7-22-42-37)47-41(48-39(29)32-19-17-30(28-45)18-20-32)36-15-9-14-35(25-36)34-13-8-10-31(24-34)26-43-40(46)33-11-4-3-5-12-33/h3-20,22,24-25,29,38-39,41,45H,21,23,26-28H2,1-2H3,(H,43,46). The zero-order valence-electron chi connectivity index (χ0n) is 27.5. The number of nitrogens with one attached hydrogen (secondary N) is 1. The van der Waals surface area contributed by atoms with Gasteiger partial charge in [0.1, 0.15) is 0 Å². The van der Waals surface area contributed by atoms with Gasteiger partial charge in [-0.15, -0.1) is 0 Å². The number of rotatable bonds is 12. The summed E-state index contributed by atoms with van der Waals surface area (Å²) in [4.78, 5) is 19.4. The molecule has 0 radical (unpaired) electrons. The molecule has 1 amide bonds. The van der Waals surface area contributed by atoms with E-state index in [1.807, 2.05) is 79.0 Å². The van der Waals surface area contributed by atoms with Crippen molar-refractivity contribution in [3.63, 3.8) is 0 Å². The fraction of sp³-hybridized carbons (Fsp3) is 0.268. The molecular formula is C41H43N3O4. The Kier molecular flexibility index (Phi) is 11.1. The normalized spacial score (nSPS) is 19.2. The summed E-state index contributed by atoms with van der Waals surface area (Å²) in [6, 6.07) is 39.9. The fourth-order valence-corrected chi connectivity index (χ4v) is 6.18. The maximum Gasteiger partial charge on any atom is 0.251 e. The zero-order chi connectivity index (χ0) is 33.3. The highest BCUT2D eigenvalue weighted by Crippen LogP contribution is 2.42. The van der Waals surface area contributed by atoms with Crippen LogP contribution in [0.25, 0.3) is 11.1 Å². The number of likely N-dealkylation sites (N-methyl/N-ethyl adjacent to an activating group) is 1. The number of carbonyl (C=O) groups excluding carboxylic acids is 1. The molecule has 2 heterocycles. The maximum absolute atomic E-state index is 12.6. The molecule has 1 saturated heterocycles. The molecule has 6 rings (SSSR count). The molecule has 0 saturated carbocycles. The van der Waals surface area contributed by atoms with Crippen LogP contribution < -0.4 is 5.32 Å². The first-order chi connectivity index (χ1) is 23.5. The Hall–Kier alpha value is -4.66.